The molecule has 0 radical (unpaired) electrons. The average molecular weight is 174 g/mol. The van der Waals surface area contributed by atoms with E-state index in [0.29, 0.717) is 6.10 Å². The summed E-state index contributed by atoms with van der Waals surface area (Å²) in [7, 11) is 0. The van der Waals surface area contributed by atoms with Gasteiger partial charge in [0, 0.05) is 19.8 Å². The van der Waals surface area contributed by atoms with E-state index in [1.807, 2.05) is 0 Å². The van der Waals surface area contributed by atoms with E-state index in [4.69, 9.17) is 9.47 Å². The molecule has 12 heavy (non-hydrogen) atoms. The van der Waals surface area contributed by atoms with Crippen LogP contribution in [0, 0.1) is 0 Å². The molecule has 0 amide bonds. The minimum absolute atomic E-state index is 0.349. The molecule has 0 aromatic rings. The predicted octanol–water partition coefficient (Wildman–Crippen LogP) is 2.62. The molecule has 0 saturated carbocycles. The third-order valence-corrected chi connectivity index (χ3v) is 1.62. The molecule has 0 spiro atoms. The van der Waals surface area contributed by atoms with Crippen LogP contribution in [0.4, 0.5) is 0 Å². The molecule has 0 aliphatic carbocycles. The molecular weight excluding hydrogens is 152 g/mol. The normalized spacial score (nSPS) is 13.2. The van der Waals surface area contributed by atoms with Crippen LogP contribution in [-0.2, 0) is 9.47 Å². The number of ether oxygens (including phenoxy) is 2. The second-order valence-corrected chi connectivity index (χ2v) is 3.08. The van der Waals surface area contributed by atoms with Gasteiger partial charge < -0.3 is 9.47 Å². The summed E-state index contributed by atoms with van der Waals surface area (Å²) in [6, 6.07) is 0. The quantitative estimate of drug-likeness (QED) is 0.527. The summed E-state index contributed by atoms with van der Waals surface area (Å²) in [4.78, 5) is 0. The summed E-state index contributed by atoms with van der Waals surface area (Å²) in [6.45, 7) is 8.93. The van der Waals surface area contributed by atoms with Gasteiger partial charge in [-0.05, 0) is 26.2 Å². The molecule has 0 aliphatic heterocycles. The molecule has 1 unspecified atom stereocenters. The van der Waals surface area contributed by atoms with Crippen LogP contribution in [0.3, 0.4) is 0 Å². The highest BCUT2D eigenvalue weighted by Crippen LogP contribution is 1.98. The topological polar surface area (TPSA) is 18.5 Å². The number of hydrogen-bond acceptors (Lipinski definition) is 2. The maximum atomic E-state index is 5.49. The second-order valence-electron chi connectivity index (χ2n) is 3.08. The summed E-state index contributed by atoms with van der Waals surface area (Å²) in [5, 5.41) is 0. The van der Waals surface area contributed by atoms with Crippen LogP contribution in [-0.4, -0.2) is 25.9 Å². The standard InChI is InChI=1S/C10H22O2/c1-4-7-11-9-6-10(3)12-8-5-2/h10H,4-9H2,1-3H3. The number of rotatable bonds is 8. The molecule has 0 aliphatic rings. The lowest BCUT2D eigenvalue weighted by Crippen LogP contribution is -2.12. The molecule has 0 bridgehead atoms. The van der Waals surface area contributed by atoms with E-state index >= 15 is 0 Å². The molecule has 74 valence electrons. The van der Waals surface area contributed by atoms with Crippen molar-refractivity contribution in [1.82, 2.24) is 0 Å². The van der Waals surface area contributed by atoms with E-state index in [0.717, 1.165) is 39.1 Å². The summed E-state index contributed by atoms with van der Waals surface area (Å²) >= 11 is 0. The minimum Gasteiger partial charge on any atom is -0.381 e. The first-order chi connectivity index (χ1) is 5.81. The van der Waals surface area contributed by atoms with Crippen LogP contribution in [0.5, 0.6) is 0 Å². The molecule has 0 aromatic carbocycles. The molecular formula is C10H22O2. The van der Waals surface area contributed by atoms with Crippen LogP contribution in [0.1, 0.15) is 40.0 Å². The molecule has 2 heteroatoms. The zero-order valence-electron chi connectivity index (χ0n) is 8.64. The Morgan fingerprint density at radius 1 is 1.00 bits per heavy atom. The van der Waals surface area contributed by atoms with Gasteiger partial charge in [0.15, 0.2) is 0 Å². The third-order valence-electron chi connectivity index (χ3n) is 1.62. The zero-order chi connectivity index (χ0) is 9.23. The van der Waals surface area contributed by atoms with Crippen molar-refractivity contribution < 1.29 is 9.47 Å². The Hall–Kier alpha value is -0.0800. The van der Waals surface area contributed by atoms with E-state index in [9.17, 15) is 0 Å². The van der Waals surface area contributed by atoms with Gasteiger partial charge >= 0.3 is 0 Å². The Bertz CT molecular complexity index is 83.9. The van der Waals surface area contributed by atoms with Gasteiger partial charge in [-0.2, -0.15) is 0 Å². The molecule has 0 rings (SSSR count). The van der Waals surface area contributed by atoms with Crippen molar-refractivity contribution in [3.05, 3.63) is 0 Å². The SMILES string of the molecule is CCCOCCC(C)OCCC. The van der Waals surface area contributed by atoms with Crippen molar-refractivity contribution in [3.8, 4) is 0 Å². The van der Waals surface area contributed by atoms with Gasteiger partial charge in [0.05, 0.1) is 6.10 Å². The van der Waals surface area contributed by atoms with Gasteiger partial charge in [-0.1, -0.05) is 13.8 Å². The van der Waals surface area contributed by atoms with E-state index in [-0.39, 0.29) is 0 Å². The second kappa shape index (κ2) is 9.01. The van der Waals surface area contributed by atoms with E-state index in [1.165, 1.54) is 0 Å². The van der Waals surface area contributed by atoms with Crippen molar-refractivity contribution in [2.24, 2.45) is 0 Å². The Morgan fingerprint density at radius 3 is 2.25 bits per heavy atom. The van der Waals surface area contributed by atoms with Crippen molar-refractivity contribution in [1.29, 1.82) is 0 Å². The molecule has 0 saturated heterocycles. The average Bonchev–Trinajstić information content (AvgIpc) is 2.09. The Kier molecular flexibility index (Phi) is 8.95. The highest BCUT2D eigenvalue weighted by atomic mass is 16.5. The fourth-order valence-electron chi connectivity index (χ4n) is 0.898. The van der Waals surface area contributed by atoms with Gasteiger partial charge in [0.1, 0.15) is 0 Å². The maximum Gasteiger partial charge on any atom is 0.0568 e. The Morgan fingerprint density at radius 2 is 1.67 bits per heavy atom. The van der Waals surface area contributed by atoms with Gasteiger partial charge in [0.25, 0.3) is 0 Å². The lowest BCUT2D eigenvalue weighted by molar-refractivity contribution is 0.0320. The van der Waals surface area contributed by atoms with Crippen molar-refractivity contribution >= 4 is 0 Å². The van der Waals surface area contributed by atoms with Crippen LogP contribution < -0.4 is 0 Å². The van der Waals surface area contributed by atoms with Crippen molar-refractivity contribution in [2.75, 3.05) is 19.8 Å². The van der Waals surface area contributed by atoms with Gasteiger partial charge in [0.2, 0.25) is 0 Å². The van der Waals surface area contributed by atoms with Gasteiger partial charge in [-0.3, -0.25) is 0 Å². The molecule has 0 fully saturated rings. The predicted molar refractivity (Wildman–Crippen MR) is 51.4 cm³/mol. The van der Waals surface area contributed by atoms with E-state index in [2.05, 4.69) is 20.8 Å². The summed E-state index contributed by atoms with van der Waals surface area (Å²) in [5.41, 5.74) is 0. The van der Waals surface area contributed by atoms with Crippen LogP contribution in [0.2, 0.25) is 0 Å². The number of hydrogen-bond donors (Lipinski definition) is 0. The molecule has 1 atom stereocenters. The largest absolute Gasteiger partial charge is 0.381 e. The first kappa shape index (κ1) is 11.9. The molecule has 0 N–H and O–H groups in total. The Balaban J connectivity index is 3.02. The molecule has 0 aromatic heterocycles. The third kappa shape index (κ3) is 8.02. The van der Waals surface area contributed by atoms with Crippen molar-refractivity contribution in [2.45, 2.75) is 46.1 Å². The first-order valence-electron chi connectivity index (χ1n) is 5.00. The van der Waals surface area contributed by atoms with Gasteiger partial charge in [-0.15, -0.1) is 0 Å². The van der Waals surface area contributed by atoms with Crippen LogP contribution in [0.15, 0.2) is 0 Å². The summed E-state index contributed by atoms with van der Waals surface area (Å²) in [5.74, 6) is 0. The summed E-state index contributed by atoms with van der Waals surface area (Å²) < 4.78 is 10.8. The van der Waals surface area contributed by atoms with E-state index in [1.54, 1.807) is 0 Å². The highest BCUT2D eigenvalue weighted by molar-refractivity contribution is 4.48. The van der Waals surface area contributed by atoms with Crippen LogP contribution >= 0.6 is 0 Å². The lowest BCUT2D eigenvalue weighted by Gasteiger charge is -2.11. The van der Waals surface area contributed by atoms with Gasteiger partial charge in [-0.25, -0.2) is 0 Å². The van der Waals surface area contributed by atoms with E-state index < -0.39 is 0 Å². The zero-order valence-corrected chi connectivity index (χ0v) is 8.64. The lowest BCUT2D eigenvalue weighted by atomic mass is 10.3. The fraction of sp³-hybridized carbons (Fsp3) is 1.00. The first-order valence-corrected chi connectivity index (χ1v) is 5.00. The smallest absolute Gasteiger partial charge is 0.0568 e. The Labute approximate surface area is 76.3 Å². The minimum atomic E-state index is 0.349. The molecule has 0 heterocycles. The monoisotopic (exact) mass is 174 g/mol. The molecule has 2 nitrogen and oxygen atoms in total. The maximum absolute atomic E-state index is 5.49. The van der Waals surface area contributed by atoms with Crippen LogP contribution in [0.25, 0.3) is 0 Å². The fourth-order valence-corrected chi connectivity index (χ4v) is 0.898. The summed E-state index contributed by atoms with van der Waals surface area (Å²) in [6.07, 6.45) is 3.56. The highest BCUT2D eigenvalue weighted by Gasteiger charge is 2.00. The van der Waals surface area contributed by atoms with Crippen molar-refractivity contribution in [3.63, 3.8) is 0 Å².